The number of rotatable bonds is 5. The molecule has 0 bridgehead atoms. The van der Waals surface area contributed by atoms with Crippen molar-refractivity contribution < 1.29 is 19.1 Å². The van der Waals surface area contributed by atoms with Crippen molar-refractivity contribution in [2.45, 2.75) is 25.5 Å². The van der Waals surface area contributed by atoms with Crippen LogP contribution in [0.1, 0.15) is 36.0 Å². The normalized spacial score (nSPS) is 17.7. The molecule has 24 heavy (non-hydrogen) atoms. The van der Waals surface area contributed by atoms with Crippen LogP contribution in [-0.2, 0) is 16.1 Å². The highest BCUT2D eigenvalue weighted by Crippen LogP contribution is 2.33. The molecule has 3 rings (SSSR count). The molecule has 6 heteroatoms. The first-order valence-corrected chi connectivity index (χ1v) is 7.87. The van der Waals surface area contributed by atoms with Crippen molar-refractivity contribution in [3.8, 4) is 5.75 Å². The van der Waals surface area contributed by atoms with Gasteiger partial charge in [-0.2, -0.15) is 0 Å². The van der Waals surface area contributed by atoms with Crippen LogP contribution in [0.2, 0.25) is 0 Å². The second-order valence-electron chi connectivity index (χ2n) is 5.74. The number of hydrogen-bond acceptors (Lipinski definition) is 5. The van der Waals surface area contributed by atoms with Crippen molar-refractivity contribution >= 4 is 12.0 Å². The zero-order valence-corrected chi connectivity index (χ0v) is 13.5. The number of hydrogen-bond donors (Lipinski definition) is 1. The molecule has 0 saturated carbocycles. The van der Waals surface area contributed by atoms with E-state index < -0.39 is 0 Å². The summed E-state index contributed by atoms with van der Waals surface area (Å²) in [5, 5.41) is 9.41. The lowest BCUT2D eigenvalue weighted by atomic mass is 10.1. The number of nitrogens with zero attached hydrogens (tertiary/aromatic N) is 2. The zero-order valence-electron chi connectivity index (χ0n) is 13.5. The highest BCUT2D eigenvalue weighted by molar-refractivity contribution is 5.92. The number of pyridine rings is 1. The van der Waals surface area contributed by atoms with Crippen molar-refractivity contribution in [3.05, 3.63) is 53.8 Å². The Hall–Kier alpha value is -2.60. The van der Waals surface area contributed by atoms with Gasteiger partial charge in [-0.25, -0.2) is 0 Å². The molecule has 1 saturated heterocycles. The van der Waals surface area contributed by atoms with E-state index in [9.17, 15) is 9.90 Å². The molecule has 1 aliphatic rings. The van der Waals surface area contributed by atoms with Gasteiger partial charge in [0.15, 0.2) is 0 Å². The SMILES string of the molecule is COCc1ccc(C2CCCN2C(=O)C=Cc2cncc(O)c2)o1. The van der Waals surface area contributed by atoms with E-state index in [-0.39, 0.29) is 17.7 Å². The molecule has 1 aliphatic heterocycles. The monoisotopic (exact) mass is 328 g/mol. The van der Waals surface area contributed by atoms with Crippen LogP contribution in [0.5, 0.6) is 5.75 Å². The minimum Gasteiger partial charge on any atom is -0.506 e. The minimum atomic E-state index is -0.0782. The van der Waals surface area contributed by atoms with Crippen LogP contribution in [-0.4, -0.2) is 34.6 Å². The lowest BCUT2D eigenvalue weighted by molar-refractivity contribution is -0.127. The maximum Gasteiger partial charge on any atom is 0.247 e. The molecule has 0 aromatic carbocycles. The highest BCUT2D eigenvalue weighted by Gasteiger charge is 2.31. The summed E-state index contributed by atoms with van der Waals surface area (Å²) in [5.41, 5.74) is 0.680. The summed E-state index contributed by atoms with van der Waals surface area (Å²) in [6, 6.07) is 5.30. The van der Waals surface area contributed by atoms with Gasteiger partial charge in [0, 0.05) is 25.9 Å². The molecule has 2 aromatic rings. The average molecular weight is 328 g/mol. The molecule has 0 spiro atoms. The van der Waals surface area contributed by atoms with Crippen molar-refractivity contribution in [2.24, 2.45) is 0 Å². The Balaban J connectivity index is 1.71. The van der Waals surface area contributed by atoms with Gasteiger partial charge < -0.3 is 19.2 Å². The molecule has 1 amide bonds. The van der Waals surface area contributed by atoms with E-state index >= 15 is 0 Å². The first-order valence-electron chi connectivity index (χ1n) is 7.87. The Bertz CT molecular complexity index is 738. The Morgan fingerprint density at radius 2 is 2.38 bits per heavy atom. The first-order chi connectivity index (χ1) is 11.7. The molecule has 3 heterocycles. The first kappa shape index (κ1) is 16.3. The van der Waals surface area contributed by atoms with Crippen LogP contribution < -0.4 is 0 Å². The average Bonchev–Trinajstić information content (AvgIpc) is 3.22. The summed E-state index contributed by atoms with van der Waals surface area (Å²) in [6.07, 6.45) is 7.93. The molecule has 1 atom stereocenters. The van der Waals surface area contributed by atoms with Crippen LogP contribution in [0.4, 0.5) is 0 Å². The Morgan fingerprint density at radius 3 is 3.17 bits per heavy atom. The van der Waals surface area contributed by atoms with Gasteiger partial charge in [0.25, 0.3) is 0 Å². The van der Waals surface area contributed by atoms with Gasteiger partial charge in [0.2, 0.25) is 5.91 Å². The molecule has 126 valence electrons. The fourth-order valence-corrected chi connectivity index (χ4v) is 2.92. The van der Waals surface area contributed by atoms with Gasteiger partial charge in [-0.1, -0.05) is 0 Å². The van der Waals surface area contributed by atoms with Gasteiger partial charge in [0.05, 0.1) is 12.2 Å². The number of carbonyl (C=O) groups excluding carboxylic acids is 1. The second kappa shape index (κ2) is 7.31. The molecule has 0 radical (unpaired) electrons. The largest absolute Gasteiger partial charge is 0.506 e. The summed E-state index contributed by atoms with van der Waals surface area (Å²) in [7, 11) is 1.62. The molecule has 1 N–H and O–H groups in total. The third-order valence-electron chi connectivity index (χ3n) is 4.00. The third kappa shape index (κ3) is 3.65. The minimum absolute atomic E-state index is 0.0462. The van der Waals surface area contributed by atoms with E-state index in [1.807, 2.05) is 17.0 Å². The Labute approximate surface area is 140 Å². The predicted octanol–water partition coefficient (Wildman–Crippen LogP) is 2.90. The van der Waals surface area contributed by atoms with Crippen molar-refractivity contribution in [2.75, 3.05) is 13.7 Å². The van der Waals surface area contributed by atoms with E-state index in [2.05, 4.69) is 4.98 Å². The maximum absolute atomic E-state index is 12.5. The number of furan rings is 1. The van der Waals surface area contributed by atoms with Gasteiger partial charge in [-0.3, -0.25) is 9.78 Å². The second-order valence-corrected chi connectivity index (χ2v) is 5.74. The maximum atomic E-state index is 12.5. The van der Waals surface area contributed by atoms with E-state index in [0.29, 0.717) is 18.7 Å². The summed E-state index contributed by atoms with van der Waals surface area (Å²) < 4.78 is 10.8. The summed E-state index contributed by atoms with van der Waals surface area (Å²) in [4.78, 5) is 18.2. The third-order valence-corrected chi connectivity index (χ3v) is 4.00. The molecular formula is C18H20N2O4. The molecular weight excluding hydrogens is 308 g/mol. The summed E-state index contributed by atoms with van der Waals surface area (Å²) in [5.74, 6) is 1.55. The Morgan fingerprint density at radius 1 is 1.50 bits per heavy atom. The lowest BCUT2D eigenvalue weighted by Crippen LogP contribution is -2.28. The standard InChI is InChI=1S/C18H20N2O4/c1-23-12-15-5-6-17(24-15)16-3-2-8-20(16)18(22)7-4-13-9-14(21)11-19-10-13/h4-7,9-11,16,21H,2-3,8,12H2,1H3. The van der Waals surface area contributed by atoms with Crippen molar-refractivity contribution in [1.29, 1.82) is 0 Å². The topological polar surface area (TPSA) is 75.8 Å². The summed E-state index contributed by atoms with van der Waals surface area (Å²) in [6.45, 7) is 1.12. The fraction of sp³-hybridized carbons (Fsp3) is 0.333. The van der Waals surface area contributed by atoms with E-state index in [0.717, 1.165) is 24.4 Å². The van der Waals surface area contributed by atoms with Gasteiger partial charge in [0.1, 0.15) is 23.9 Å². The van der Waals surface area contributed by atoms with Crippen molar-refractivity contribution in [1.82, 2.24) is 9.88 Å². The van der Waals surface area contributed by atoms with Crippen LogP contribution >= 0.6 is 0 Å². The Kier molecular flexibility index (Phi) is 4.96. The quantitative estimate of drug-likeness (QED) is 0.854. The number of amides is 1. The number of likely N-dealkylation sites (tertiary alicyclic amines) is 1. The van der Waals surface area contributed by atoms with E-state index in [1.165, 1.54) is 12.3 Å². The molecule has 6 nitrogen and oxygen atoms in total. The van der Waals surface area contributed by atoms with Gasteiger partial charge in [-0.15, -0.1) is 0 Å². The molecule has 1 fully saturated rings. The molecule has 2 aromatic heterocycles. The summed E-state index contributed by atoms with van der Waals surface area (Å²) >= 11 is 0. The van der Waals surface area contributed by atoms with Gasteiger partial charge in [-0.05, 0) is 42.7 Å². The zero-order chi connectivity index (χ0) is 16.9. The van der Waals surface area contributed by atoms with Crippen molar-refractivity contribution in [3.63, 3.8) is 0 Å². The number of carbonyl (C=O) groups is 1. The highest BCUT2D eigenvalue weighted by atomic mass is 16.5. The van der Waals surface area contributed by atoms with Gasteiger partial charge >= 0.3 is 0 Å². The number of aromatic nitrogens is 1. The number of ether oxygens (including phenoxy) is 1. The number of aromatic hydroxyl groups is 1. The van der Waals surface area contributed by atoms with Crippen LogP contribution in [0.25, 0.3) is 6.08 Å². The predicted molar refractivity (Wildman–Crippen MR) is 88.0 cm³/mol. The number of methoxy groups -OCH3 is 1. The van der Waals surface area contributed by atoms with Crippen LogP contribution in [0, 0.1) is 0 Å². The van der Waals surface area contributed by atoms with E-state index in [1.54, 1.807) is 25.4 Å². The van der Waals surface area contributed by atoms with Crippen LogP contribution in [0.3, 0.4) is 0 Å². The molecule has 0 aliphatic carbocycles. The fourth-order valence-electron chi connectivity index (χ4n) is 2.92. The molecule has 1 unspecified atom stereocenters. The van der Waals surface area contributed by atoms with Crippen LogP contribution in [0.15, 0.2) is 41.1 Å². The van der Waals surface area contributed by atoms with E-state index in [4.69, 9.17) is 9.15 Å². The smallest absolute Gasteiger partial charge is 0.247 e. The lowest BCUT2D eigenvalue weighted by Gasteiger charge is -2.21.